The molecular weight excluding hydrogens is 512 g/mol. The molecule has 4 nitrogen and oxygen atoms in total. The molecule has 2 aromatic rings. The summed E-state index contributed by atoms with van der Waals surface area (Å²) >= 11 is 6.78. The van der Waals surface area contributed by atoms with E-state index in [9.17, 15) is 9.59 Å². The lowest BCUT2D eigenvalue weighted by molar-refractivity contribution is -0.145. The van der Waals surface area contributed by atoms with Gasteiger partial charge in [0.05, 0.1) is 25.0 Å². The molecule has 2 saturated carbocycles. The van der Waals surface area contributed by atoms with Gasteiger partial charge in [-0.15, -0.1) is 0 Å². The zero-order chi connectivity index (χ0) is 21.7. The van der Waals surface area contributed by atoms with Crippen molar-refractivity contribution in [3.63, 3.8) is 0 Å². The van der Waals surface area contributed by atoms with Gasteiger partial charge >= 0.3 is 11.9 Å². The van der Waals surface area contributed by atoms with E-state index in [1.807, 2.05) is 38.1 Å². The predicted molar refractivity (Wildman–Crippen MR) is 123 cm³/mol. The maximum absolute atomic E-state index is 11.4. The maximum Gasteiger partial charge on any atom is 0.309 e. The number of halogens is 2. The number of benzene rings is 2. The van der Waals surface area contributed by atoms with Crippen molar-refractivity contribution >= 4 is 43.8 Å². The molecular formula is C24H26Br2O4. The fourth-order valence-electron chi connectivity index (χ4n) is 3.57. The summed E-state index contributed by atoms with van der Waals surface area (Å²) in [5.74, 6) is 0.822. The first-order chi connectivity index (χ1) is 14.4. The lowest BCUT2D eigenvalue weighted by Crippen LogP contribution is -2.07. The third kappa shape index (κ3) is 6.17. The summed E-state index contributed by atoms with van der Waals surface area (Å²) < 4.78 is 12.1. The SMILES string of the molecule is CCOC(=O)[C@@H]1C[C@H]1c1ccc(Br)cc1.CCOC(=O)[C@H]1C[C@@H]1c1ccc(Br)cc1. The van der Waals surface area contributed by atoms with E-state index in [0.29, 0.717) is 25.0 Å². The summed E-state index contributed by atoms with van der Waals surface area (Å²) in [5, 5.41) is 0. The Kier molecular flexibility index (Phi) is 8.12. The van der Waals surface area contributed by atoms with E-state index in [4.69, 9.17) is 9.47 Å². The summed E-state index contributed by atoms with van der Waals surface area (Å²) in [5.41, 5.74) is 2.47. The number of rotatable bonds is 6. The average molecular weight is 538 g/mol. The highest BCUT2D eigenvalue weighted by Gasteiger charge is 2.45. The molecule has 0 aromatic heterocycles. The molecule has 0 spiro atoms. The average Bonchev–Trinajstić information content (AvgIpc) is 3.63. The maximum atomic E-state index is 11.4. The van der Waals surface area contributed by atoms with Crippen molar-refractivity contribution in [2.75, 3.05) is 13.2 Å². The second-order valence-electron chi connectivity index (χ2n) is 7.50. The predicted octanol–water partition coefficient (Wildman–Crippen LogP) is 6.23. The molecule has 0 N–H and O–H groups in total. The second-order valence-corrected chi connectivity index (χ2v) is 9.34. The van der Waals surface area contributed by atoms with Crippen molar-refractivity contribution < 1.29 is 19.1 Å². The number of hydrogen-bond acceptors (Lipinski definition) is 4. The summed E-state index contributed by atoms with van der Waals surface area (Å²) in [6.45, 7) is 4.63. The molecule has 0 bridgehead atoms. The van der Waals surface area contributed by atoms with Crippen LogP contribution in [-0.2, 0) is 19.1 Å². The van der Waals surface area contributed by atoms with Crippen molar-refractivity contribution in [1.29, 1.82) is 0 Å². The Morgan fingerprint density at radius 2 is 1.07 bits per heavy atom. The van der Waals surface area contributed by atoms with Crippen LogP contribution in [0.2, 0.25) is 0 Å². The van der Waals surface area contributed by atoms with Crippen LogP contribution in [0.1, 0.15) is 49.7 Å². The number of ether oxygens (including phenoxy) is 2. The van der Waals surface area contributed by atoms with Gasteiger partial charge in [-0.05, 0) is 73.9 Å². The zero-order valence-corrected chi connectivity index (χ0v) is 20.3. The molecule has 30 heavy (non-hydrogen) atoms. The Morgan fingerprint density at radius 3 is 1.37 bits per heavy atom. The molecule has 0 saturated heterocycles. The van der Waals surface area contributed by atoms with Gasteiger partial charge in [0.2, 0.25) is 0 Å². The molecule has 2 aliphatic rings. The molecule has 160 valence electrons. The largest absolute Gasteiger partial charge is 0.466 e. The van der Waals surface area contributed by atoms with Gasteiger partial charge in [0.15, 0.2) is 0 Å². The van der Waals surface area contributed by atoms with Gasteiger partial charge in [0, 0.05) is 8.95 Å². The van der Waals surface area contributed by atoms with Crippen molar-refractivity contribution in [2.24, 2.45) is 11.8 Å². The molecule has 4 rings (SSSR count). The highest BCUT2D eigenvalue weighted by Crippen LogP contribution is 2.49. The normalized spacial score (nSPS) is 23.6. The van der Waals surface area contributed by atoms with Crippen molar-refractivity contribution in [1.82, 2.24) is 0 Å². The molecule has 0 unspecified atom stereocenters. The minimum absolute atomic E-state index is 0.0505. The minimum atomic E-state index is -0.0505. The zero-order valence-electron chi connectivity index (χ0n) is 17.1. The van der Waals surface area contributed by atoms with Crippen LogP contribution in [0, 0.1) is 11.8 Å². The monoisotopic (exact) mass is 536 g/mol. The van der Waals surface area contributed by atoms with Gasteiger partial charge in [-0.25, -0.2) is 0 Å². The number of carbonyl (C=O) groups is 2. The van der Waals surface area contributed by atoms with E-state index in [1.165, 1.54) is 11.1 Å². The fraction of sp³-hybridized carbons (Fsp3) is 0.417. The smallest absolute Gasteiger partial charge is 0.309 e. The molecule has 0 aliphatic heterocycles. The Labute approximate surface area is 194 Å². The van der Waals surface area contributed by atoms with Crippen LogP contribution in [0.4, 0.5) is 0 Å². The van der Waals surface area contributed by atoms with Crippen molar-refractivity contribution in [2.45, 2.75) is 38.5 Å². The Bertz CT molecular complexity index is 790. The topological polar surface area (TPSA) is 52.6 Å². The van der Waals surface area contributed by atoms with Crippen LogP contribution < -0.4 is 0 Å². The second kappa shape index (κ2) is 10.6. The molecule has 2 fully saturated rings. The lowest BCUT2D eigenvalue weighted by atomic mass is 10.1. The molecule has 0 heterocycles. The summed E-state index contributed by atoms with van der Waals surface area (Å²) in [6.07, 6.45) is 1.86. The van der Waals surface area contributed by atoms with Gasteiger partial charge in [-0.3, -0.25) is 9.59 Å². The standard InChI is InChI=1S/2C12H13BrO2/c2*1-2-15-12(14)11-7-10(11)8-3-5-9(13)6-4-8/h2*3-6,10-11H,2,7H2,1H3/t2*10-,11+/m10/s1. The van der Waals surface area contributed by atoms with Crippen molar-refractivity contribution in [3.8, 4) is 0 Å². The van der Waals surface area contributed by atoms with Crippen LogP contribution in [-0.4, -0.2) is 25.2 Å². The van der Waals surface area contributed by atoms with Crippen LogP contribution in [0.5, 0.6) is 0 Å². The van der Waals surface area contributed by atoms with E-state index in [1.54, 1.807) is 0 Å². The van der Waals surface area contributed by atoms with Crippen LogP contribution in [0.15, 0.2) is 57.5 Å². The molecule has 0 amide bonds. The quantitative estimate of drug-likeness (QED) is 0.410. The van der Waals surface area contributed by atoms with Gasteiger partial charge in [-0.1, -0.05) is 56.1 Å². The molecule has 6 heteroatoms. The lowest BCUT2D eigenvalue weighted by Gasteiger charge is -2.01. The summed E-state index contributed by atoms with van der Waals surface area (Å²) in [7, 11) is 0. The Balaban J connectivity index is 0.000000171. The number of hydrogen-bond donors (Lipinski definition) is 0. The van der Waals surface area contributed by atoms with Gasteiger partial charge in [0.1, 0.15) is 0 Å². The van der Waals surface area contributed by atoms with E-state index < -0.39 is 0 Å². The summed E-state index contributed by atoms with van der Waals surface area (Å²) in [6, 6.07) is 16.3. The molecule has 2 aromatic carbocycles. The first-order valence-corrected chi connectivity index (χ1v) is 11.9. The Morgan fingerprint density at radius 1 is 0.733 bits per heavy atom. The molecule has 0 radical (unpaired) electrons. The van der Waals surface area contributed by atoms with E-state index >= 15 is 0 Å². The van der Waals surface area contributed by atoms with Gasteiger partial charge in [-0.2, -0.15) is 0 Å². The highest BCUT2D eigenvalue weighted by atomic mass is 79.9. The fourth-order valence-corrected chi connectivity index (χ4v) is 4.09. The first kappa shape index (κ1) is 23.0. The number of esters is 2. The van der Waals surface area contributed by atoms with Crippen molar-refractivity contribution in [3.05, 3.63) is 68.6 Å². The van der Waals surface area contributed by atoms with Gasteiger partial charge in [0.25, 0.3) is 0 Å². The number of carbonyl (C=O) groups excluding carboxylic acids is 2. The van der Waals surface area contributed by atoms with Crippen LogP contribution >= 0.6 is 31.9 Å². The van der Waals surface area contributed by atoms with Crippen LogP contribution in [0.25, 0.3) is 0 Å². The van der Waals surface area contributed by atoms with Gasteiger partial charge < -0.3 is 9.47 Å². The van der Waals surface area contributed by atoms with Crippen LogP contribution in [0.3, 0.4) is 0 Å². The van der Waals surface area contributed by atoms with E-state index in [-0.39, 0.29) is 23.8 Å². The minimum Gasteiger partial charge on any atom is -0.466 e. The molecule has 2 aliphatic carbocycles. The summed E-state index contributed by atoms with van der Waals surface area (Å²) in [4.78, 5) is 22.8. The van der Waals surface area contributed by atoms with E-state index in [2.05, 4.69) is 56.1 Å². The third-order valence-corrected chi connectivity index (χ3v) is 6.41. The third-order valence-electron chi connectivity index (χ3n) is 5.36. The first-order valence-electron chi connectivity index (χ1n) is 10.3. The highest BCUT2D eigenvalue weighted by molar-refractivity contribution is 9.10. The van der Waals surface area contributed by atoms with E-state index in [0.717, 1.165) is 21.8 Å². The Hall–Kier alpha value is -1.66. The molecule has 4 atom stereocenters.